The minimum Gasteiger partial charge on any atom is -0.394 e. The number of carbonyl (C=O) groups excluding carboxylic acids is 1. The van der Waals surface area contributed by atoms with E-state index in [4.69, 9.17) is 14.0 Å². The summed E-state index contributed by atoms with van der Waals surface area (Å²) in [5.74, 6) is -0.716. The average molecular weight is 752 g/mol. The number of aliphatic hydroxyl groups excluding tert-OH is 5. The highest BCUT2D eigenvalue weighted by Gasteiger charge is 2.48. The van der Waals surface area contributed by atoms with Crippen LogP contribution >= 0.6 is 0 Å². The molecular weight excluding hydrogens is 682 g/mol. The molecule has 1 saturated heterocycles. The zero-order chi connectivity index (χ0) is 37.9. The molecule has 0 aromatic heterocycles. The Labute approximate surface area is 306 Å². The standard InChI is InChI=1S/C37H69NO12S/c1-3-5-7-9-11-13-14-15-16-18-20-22-24-26-31(41)36(44)38-29(30(40)25-23-21-19-17-12-10-8-6-4-2)28-48-37-34(43)35(50-51(45,46)47)33(42)32(27-39)49-37/h12,17,23,25,29-35,37,39-43H,3-11,13-16,18-22,24,26-28H2,1-2H3,(H,38,44)(H,45,46,47)/b17-12+,25-23+. The quantitative estimate of drug-likeness (QED) is 0.0290. The van der Waals surface area contributed by atoms with Gasteiger partial charge < -0.3 is 40.3 Å². The summed E-state index contributed by atoms with van der Waals surface area (Å²) in [6.07, 6.45) is 17.3. The highest BCUT2D eigenvalue weighted by Crippen LogP contribution is 2.26. The normalized spacial score (nSPS) is 23.2. The van der Waals surface area contributed by atoms with Crippen LogP contribution in [0.25, 0.3) is 0 Å². The van der Waals surface area contributed by atoms with Crippen molar-refractivity contribution >= 4 is 16.3 Å². The number of aliphatic hydroxyl groups is 5. The van der Waals surface area contributed by atoms with Gasteiger partial charge in [-0.3, -0.25) is 9.35 Å². The van der Waals surface area contributed by atoms with Gasteiger partial charge in [0.15, 0.2) is 6.29 Å². The summed E-state index contributed by atoms with van der Waals surface area (Å²) in [5, 5.41) is 54.7. The molecule has 0 radical (unpaired) electrons. The molecule has 1 aliphatic heterocycles. The van der Waals surface area contributed by atoms with E-state index in [1.807, 2.05) is 0 Å². The predicted molar refractivity (Wildman–Crippen MR) is 196 cm³/mol. The van der Waals surface area contributed by atoms with Crippen LogP contribution < -0.4 is 5.32 Å². The highest BCUT2D eigenvalue weighted by atomic mass is 32.3. The lowest BCUT2D eigenvalue weighted by molar-refractivity contribution is -0.298. The van der Waals surface area contributed by atoms with Gasteiger partial charge in [0.2, 0.25) is 5.91 Å². The summed E-state index contributed by atoms with van der Waals surface area (Å²) >= 11 is 0. The highest BCUT2D eigenvalue weighted by molar-refractivity contribution is 7.80. The second-order valence-electron chi connectivity index (χ2n) is 13.7. The first kappa shape index (κ1) is 47.6. The van der Waals surface area contributed by atoms with E-state index in [0.717, 1.165) is 44.9 Å². The Morgan fingerprint density at radius 3 is 1.88 bits per heavy atom. The fourth-order valence-corrected chi connectivity index (χ4v) is 6.45. The number of nitrogens with one attached hydrogen (secondary N) is 1. The maximum absolute atomic E-state index is 13.0. The minimum atomic E-state index is -5.11. The van der Waals surface area contributed by atoms with E-state index in [1.165, 1.54) is 70.3 Å². The van der Waals surface area contributed by atoms with Gasteiger partial charge in [0.05, 0.1) is 25.4 Å². The molecule has 8 atom stereocenters. The summed E-state index contributed by atoms with van der Waals surface area (Å²) in [6.45, 7) is 3.10. The van der Waals surface area contributed by atoms with Gasteiger partial charge >= 0.3 is 10.4 Å². The molecule has 14 heteroatoms. The number of ether oxygens (including phenoxy) is 2. The van der Waals surface area contributed by atoms with Gasteiger partial charge in [-0.25, -0.2) is 4.18 Å². The SMILES string of the molecule is CCCCC/C=C/CC/C=C/C(O)C(COC1OC(CO)C(O)C(OS(=O)(=O)O)C1O)NC(=O)C(O)CCCCCCCCCCCCCCC. The lowest BCUT2D eigenvalue weighted by Crippen LogP contribution is -2.61. The summed E-state index contributed by atoms with van der Waals surface area (Å²) in [6, 6.07) is -1.13. The third-order valence-corrected chi connectivity index (χ3v) is 9.56. The van der Waals surface area contributed by atoms with Gasteiger partial charge in [-0.15, -0.1) is 0 Å². The van der Waals surface area contributed by atoms with Gasteiger partial charge in [0.25, 0.3) is 0 Å². The van der Waals surface area contributed by atoms with Crippen molar-refractivity contribution in [3.8, 4) is 0 Å². The van der Waals surface area contributed by atoms with E-state index < -0.39 is 78.5 Å². The van der Waals surface area contributed by atoms with Crippen molar-refractivity contribution in [1.29, 1.82) is 0 Å². The number of rotatable bonds is 31. The Morgan fingerprint density at radius 1 is 0.784 bits per heavy atom. The van der Waals surface area contributed by atoms with E-state index >= 15 is 0 Å². The Hall–Kier alpha value is -1.46. The van der Waals surface area contributed by atoms with E-state index in [0.29, 0.717) is 12.8 Å². The van der Waals surface area contributed by atoms with Gasteiger partial charge in [-0.05, 0) is 32.1 Å². The van der Waals surface area contributed by atoms with Gasteiger partial charge in [-0.1, -0.05) is 134 Å². The van der Waals surface area contributed by atoms with Gasteiger partial charge in [-0.2, -0.15) is 8.42 Å². The molecule has 13 nitrogen and oxygen atoms in total. The molecule has 7 N–H and O–H groups in total. The molecule has 0 bridgehead atoms. The third kappa shape index (κ3) is 22.4. The smallest absolute Gasteiger partial charge is 0.394 e. The molecule has 1 heterocycles. The fourth-order valence-electron chi connectivity index (χ4n) is 5.94. The first-order valence-electron chi connectivity index (χ1n) is 19.3. The van der Waals surface area contributed by atoms with Crippen LogP contribution in [0.2, 0.25) is 0 Å². The number of carbonyl (C=O) groups is 1. The Morgan fingerprint density at radius 2 is 1.31 bits per heavy atom. The lowest BCUT2D eigenvalue weighted by Gasteiger charge is -2.41. The molecule has 1 aliphatic rings. The molecule has 0 spiro atoms. The molecule has 51 heavy (non-hydrogen) atoms. The van der Waals surface area contributed by atoms with Crippen LogP contribution in [0, 0.1) is 0 Å². The van der Waals surface area contributed by atoms with Gasteiger partial charge in [0.1, 0.15) is 30.5 Å². The first-order valence-corrected chi connectivity index (χ1v) is 20.7. The van der Waals surface area contributed by atoms with Crippen molar-refractivity contribution in [1.82, 2.24) is 5.32 Å². The molecular formula is C37H69NO12S. The molecule has 1 amide bonds. The Bertz CT molecular complexity index is 1040. The fraction of sp³-hybridized carbons (Fsp3) is 0.865. The maximum Gasteiger partial charge on any atom is 0.397 e. The number of unbranched alkanes of at least 4 members (excludes halogenated alkanes) is 16. The average Bonchev–Trinajstić information content (AvgIpc) is 3.09. The second-order valence-corrected chi connectivity index (χ2v) is 14.7. The summed E-state index contributed by atoms with van der Waals surface area (Å²) in [5.41, 5.74) is 0. The van der Waals surface area contributed by atoms with Crippen molar-refractivity contribution in [2.24, 2.45) is 0 Å². The Balaban J connectivity index is 2.70. The largest absolute Gasteiger partial charge is 0.397 e. The van der Waals surface area contributed by atoms with Crippen LogP contribution in [0.5, 0.6) is 0 Å². The molecule has 0 aromatic carbocycles. The van der Waals surface area contributed by atoms with Crippen molar-refractivity contribution in [3.05, 3.63) is 24.3 Å². The monoisotopic (exact) mass is 751 g/mol. The topological polar surface area (TPSA) is 212 Å². The number of amides is 1. The van der Waals surface area contributed by atoms with Crippen molar-refractivity contribution in [3.63, 3.8) is 0 Å². The molecule has 0 aromatic rings. The molecule has 8 unspecified atom stereocenters. The molecule has 300 valence electrons. The molecule has 0 aliphatic carbocycles. The molecule has 1 fully saturated rings. The Kier molecular flexibility index (Phi) is 27.0. The lowest BCUT2D eigenvalue weighted by atomic mass is 9.99. The van der Waals surface area contributed by atoms with Crippen LogP contribution in [0.15, 0.2) is 24.3 Å². The van der Waals surface area contributed by atoms with E-state index in [1.54, 1.807) is 6.08 Å². The summed E-state index contributed by atoms with van der Waals surface area (Å²) in [7, 11) is -5.11. The van der Waals surface area contributed by atoms with E-state index in [9.17, 15) is 38.7 Å². The van der Waals surface area contributed by atoms with Crippen molar-refractivity contribution < 1.29 is 57.0 Å². The molecule has 1 rings (SSSR count). The predicted octanol–water partition coefficient (Wildman–Crippen LogP) is 4.79. The minimum absolute atomic E-state index is 0.239. The maximum atomic E-state index is 13.0. The van der Waals surface area contributed by atoms with E-state index in [2.05, 4.69) is 35.5 Å². The number of hydrogen-bond donors (Lipinski definition) is 7. The number of allylic oxidation sites excluding steroid dienone is 3. The molecule has 0 saturated carbocycles. The van der Waals surface area contributed by atoms with Crippen LogP contribution in [-0.4, -0.2) is 107 Å². The summed E-state index contributed by atoms with van der Waals surface area (Å²) < 4.78 is 47.2. The van der Waals surface area contributed by atoms with E-state index in [-0.39, 0.29) is 6.42 Å². The van der Waals surface area contributed by atoms with Crippen LogP contribution in [-0.2, 0) is 28.9 Å². The van der Waals surface area contributed by atoms with Gasteiger partial charge in [0, 0.05) is 0 Å². The third-order valence-electron chi connectivity index (χ3n) is 9.09. The van der Waals surface area contributed by atoms with Crippen LogP contribution in [0.1, 0.15) is 142 Å². The van der Waals surface area contributed by atoms with Crippen molar-refractivity contribution in [2.75, 3.05) is 13.2 Å². The zero-order valence-corrected chi connectivity index (χ0v) is 31.8. The first-order chi connectivity index (χ1) is 24.4. The zero-order valence-electron chi connectivity index (χ0n) is 31.0. The van der Waals surface area contributed by atoms with Crippen molar-refractivity contribution in [2.45, 2.75) is 191 Å². The number of hydrogen-bond acceptors (Lipinski definition) is 11. The summed E-state index contributed by atoms with van der Waals surface area (Å²) in [4.78, 5) is 13.0. The van der Waals surface area contributed by atoms with Crippen LogP contribution in [0.3, 0.4) is 0 Å². The second kappa shape index (κ2) is 29.0. The van der Waals surface area contributed by atoms with Crippen LogP contribution in [0.4, 0.5) is 0 Å².